The van der Waals surface area contributed by atoms with Crippen LogP contribution in [0, 0.1) is 6.92 Å². The summed E-state index contributed by atoms with van der Waals surface area (Å²) in [5.41, 5.74) is 2.47. The molecule has 1 heterocycles. The van der Waals surface area contributed by atoms with Crippen LogP contribution < -0.4 is 9.47 Å². The van der Waals surface area contributed by atoms with Crippen LogP contribution in [0.1, 0.15) is 17.0 Å². The van der Waals surface area contributed by atoms with Crippen LogP contribution in [0.5, 0.6) is 11.5 Å². The lowest BCUT2D eigenvalue weighted by molar-refractivity contribution is 0.241. The number of para-hydroxylation sites is 2. The van der Waals surface area contributed by atoms with Crippen LogP contribution in [0.4, 0.5) is 0 Å². The third kappa shape index (κ3) is 4.29. The van der Waals surface area contributed by atoms with Gasteiger partial charge in [0.2, 0.25) is 0 Å². The van der Waals surface area contributed by atoms with Gasteiger partial charge in [0.15, 0.2) is 18.1 Å². The van der Waals surface area contributed by atoms with Gasteiger partial charge in [-0.1, -0.05) is 53.7 Å². The van der Waals surface area contributed by atoms with Gasteiger partial charge in [0.25, 0.3) is 11.1 Å². The molecule has 24 heavy (non-hydrogen) atoms. The molecule has 0 aliphatic carbocycles. The van der Waals surface area contributed by atoms with E-state index in [1.807, 2.05) is 24.3 Å². The summed E-state index contributed by atoms with van der Waals surface area (Å²) in [6, 6.07) is 15.8. The number of nitrogens with zero attached hydrogens (tertiary/aromatic N) is 2. The molecule has 124 valence electrons. The van der Waals surface area contributed by atoms with Crippen molar-refractivity contribution in [3.63, 3.8) is 0 Å². The molecular formula is C18H18N2O3S. The normalized spacial score (nSPS) is 10.6. The van der Waals surface area contributed by atoms with Gasteiger partial charge in [-0.2, -0.15) is 0 Å². The van der Waals surface area contributed by atoms with Crippen molar-refractivity contribution >= 4 is 11.8 Å². The van der Waals surface area contributed by atoms with Crippen molar-refractivity contribution in [1.29, 1.82) is 0 Å². The van der Waals surface area contributed by atoms with Crippen LogP contribution in [0.15, 0.2) is 58.2 Å². The quantitative estimate of drug-likeness (QED) is 0.598. The Hall–Kier alpha value is -2.47. The Morgan fingerprint density at radius 3 is 2.50 bits per heavy atom. The van der Waals surface area contributed by atoms with Gasteiger partial charge >= 0.3 is 0 Å². The fraction of sp³-hybridized carbons (Fsp3) is 0.222. The van der Waals surface area contributed by atoms with Gasteiger partial charge in [0.05, 0.1) is 7.11 Å². The molecule has 0 atom stereocenters. The Morgan fingerprint density at radius 2 is 1.75 bits per heavy atom. The third-order valence-electron chi connectivity index (χ3n) is 3.35. The monoisotopic (exact) mass is 342 g/mol. The summed E-state index contributed by atoms with van der Waals surface area (Å²) in [4.78, 5) is 0. The summed E-state index contributed by atoms with van der Waals surface area (Å²) in [7, 11) is 1.61. The largest absolute Gasteiger partial charge is 0.493 e. The lowest BCUT2D eigenvalue weighted by Crippen LogP contribution is -1.97. The van der Waals surface area contributed by atoms with Crippen LogP contribution in [-0.2, 0) is 12.4 Å². The minimum absolute atomic E-state index is 0.207. The van der Waals surface area contributed by atoms with E-state index in [9.17, 15) is 0 Å². The van der Waals surface area contributed by atoms with E-state index in [1.54, 1.807) is 7.11 Å². The van der Waals surface area contributed by atoms with Gasteiger partial charge < -0.3 is 13.9 Å². The third-order valence-corrected chi connectivity index (χ3v) is 4.24. The summed E-state index contributed by atoms with van der Waals surface area (Å²) in [6.07, 6.45) is 0. The summed E-state index contributed by atoms with van der Waals surface area (Å²) in [5, 5.41) is 8.58. The van der Waals surface area contributed by atoms with Crippen LogP contribution in [0.3, 0.4) is 0 Å². The zero-order chi connectivity index (χ0) is 16.8. The van der Waals surface area contributed by atoms with Gasteiger partial charge in [0.1, 0.15) is 0 Å². The second kappa shape index (κ2) is 7.88. The number of hydrogen-bond donors (Lipinski definition) is 0. The van der Waals surface area contributed by atoms with Crippen molar-refractivity contribution in [3.8, 4) is 11.5 Å². The number of rotatable bonds is 7. The van der Waals surface area contributed by atoms with Gasteiger partial charge in [-0.15, -0.1) is 10.2 Å². The highest BCUT2D eigenvalue weighted by atomic mass is 32.2. The Balaban J connectivity index is 1.54. The molecule has 6 heteroatoms. The average Bonchev–Trinajstić information content (AvgIpc) is 3.07. The van der Waals surface area contributed by atoms with E-state index >= 15 is 0 Å². The van der Waals surface area contributed by atoms with E-state index in [-0.39, 0.29) is 6.61 Å². The first-order valence-corrected chi connectivity index (χ1v) is 8.49. The first-order valence-electron chi connectivity index (χ1n) is 7.51. The standard InChI is InChI=1S/C18H18N2O3S/c1-13-7-9-14(10-8-13)12-24-18-20-19-17(23-18)11-22-16-6-4-3-5-15(16)21-2/h3-10H,11-12H2,1-2H3. The molecule has 0 spiro atoms. The van der Waals surface area contributed by atoms with Crippen LogP contribution in [0.2, 0.25) is 0 Å². The van der Waals surface area contributed by atoms with Crippen molar-refractivity contribution in [2.45, 2.75) is 24.5 Å². The van der Waals surface area contributed by atoms with Gasteiger partial charge in [-0.3, -0.25) is 0 Å². The number of aryl methyl sites for hydroxylation is 1. The zero-order valence-electron chi connectivity index (χ0n) is 13.6. The van der Waals surface area contributed by atoms with Crippen molar-refractivity contribution < 1.29 is 13.9 Å². The fourth-order valence-electron chi connectivity index (χ4n) is 2.06. The van der Waals surface area contributed by atoms with Crippen LogP contribution >= 0.6 is 11.8 Å². The summed E-state index contributed by atoms with van der Waals surface area (Å²) in [6.45, 7) is 2.28. The second-order valence-electron chi connectivity index (χ2n) is 5.18. The van der Waals surface area contributed by atoms with E-state index in [0.717, 1.165) is 5.75 Å². The van der Waals surface area contributed by atoms with Gasteiger partial charge in [-0.25, -0.2) is 0 Å². The smallest absolute Gasteiger partial charge is 0.277 e. The van der Waals surface area contributed by atoms with Crippen molar-refractivity contribution in [3.05, 3.63) is 65.5 Å². The summed E-state index contributed by atoms with van der Waals surface area (Å²) in [5.74, 6) is 2.54. The molecule has 0 saturated carbocycles. The Labute approximate surface area is 145 Å². The number of thioether (sulfide) groups is 1. The molecule has 3 aromatic rings. The molecule has 0 bridgehead atoms. The average molecular weight is 342 g/mol. The fourth-order valence-corrected chi connectivity index (χ4v) is 2.80. The highest BCUT2D eigenvalue weighted by Gasteiger charge is 2.09. The van der Waals surface area contributed by atoms with E-state index in [4.69, 9.17) is 13.9 Å². The molecule has 0 fully saturated rings. The summed E-state index contributed by atoms with van der Waals surface area (Å²) >= 11 is 1.51. The molecule has 0 aliphatic heterocycles. The van der Waals surface area contributed by atoms with Crippen molar-refractivity contribution in [2.75, 3.05) is 7.11 Å². The number of hydrogen-bond acceptors (Lipinski definition) is 6. The highest BCUT2D eigenvalue weighted by molar-refractivity contribution is 7.98. The van der Waals surface area contributed by atoms with Crippen LogP contribution in [-0.4, -0.2) is 17.3 Å². The molecule has 0 saturated heterocycles. The molecule has 0 N–H and O–H groups in total. The van der Waals surface area contributed by atoms with E-state index < -0.39 is 0 Å². The van der Waals surface area contributed by atoms with Gasteiger partial charge in [0, 0.05) is 5.75 Å². The number of methoxy groups -OCH3 is 1. The molecule has 2 aromatic carbocycles. The van der Waals surface area contributed by atoms with E-state index in [1.165, 1.54) is 22.9 Å². The maximum atomic E-state index is 5.67. The second-order valence-corrected chi connectivity index (χ2v) is 6.10. The first kappa shape index (κ1) is 16.4. The molecule has 3 rings (SSSR count). The Kier molecular flexibility index (Phi) is 5.38. The first-order chi connectivity index (χ1) is 11.7. The van der Waals surface area contributed by atoms with Crippen molar-refractivity contribution in [1.82, 2.24) is 10.2 Å². The Morgan fingerprint density at radius 1 is 1.00 bits per heavy atom. The minimum Gasteiger partial charge on any atom is -0.493 e. The molecule has 5 nitrogen and oxygen atoms in total. The lowest BCUT2D eigenvalue weighted by atomic mass is 10.2. The van der Waals surface area contributed by atoms with E-state index in [2.05, 4.69) is 41.4 Å². The Bertz CT molecular complexity index is 787. The molecular weight excluding hydrogens is 324 g/mol. The van der Waals surface area contributed by atoms with Gasteiger partial charge in [-0.05, 0) is 24.6 Å². The number of ether oxygens (including phenoxy) is 2. The predicted molar refractivity (Wildman–Crippen MR) is 92.4 cm³/mol. The van der Waals surface area contributed by atoms with Crippen LogP contribution in [0.25, 0.3) is 0 Å². The predicted octanol–water partition coefficient (Wildman–Crippen LogP) is 4.26. The maximum Gasteiger partial charge on any atom is 0.277 e. The van der Waals surface area contributed by atoms with Crippen molar-refractivity contribution in [2.24, 2.45) is 0 Å². The molecule has 0 radical (unpaired) electrons. The molecule has 1 aromatic heterocycles. The molecule has 0 unspecified atom stereocenters. The maximum absolute atomic E-state index is 5.67. The zero-order valence-corrected chi connectivity index (χ0v) is 14.4. The SMILES string of the molecule is COc1ccccc1OCc1nnc(SCc2ccc(C)cc2)o1. The number of benzene rings is 2. The van der Waals surface area contributed by atoms with E-state index in [0.29, 0.717) is 22.6 Å². The minimum atomic E-state index is 0.207. The lowest BCUT2D eigenvalue weighted by Gasteiger charge is -2.07. The highest BCUT2D eigenvalue weighted by Crippen LogP contribution is 2.27. The number of aromatic nitrogens is 2. The molecule has 0 amide bonds. The topological polar surface area (TPSA) is 57.4 Å². The molecule has 0 aliphatic rings. The summed E-state index contributed by atoms with van der Waals surface area (Å²) < 4.78 is 16.5.